The molecule has 1 fully saturated rings. The molecule has 2 amide bonds. The third kappa shape index (κ3) is 4.77. The third-order valence-corrected chi connectivity index (χ3v) is 5.42. The Morgan fingerprint density at radius 2 is 2.12 bits per heavy atom. The summed E-state index contributed by atoms with van der Waals surface area (Å²) in [6.07, 6.45) is 8.26. The molecule has 1 heterocycles. The van der Waals surface area contributed by atoms with Gasteiger partial charge in [-0.1, -0.05) is 34.9 Å². The number of carbonyl (C=O) groups excluding carboxylic acids is 2. The van der Waals surface area contributed by atoms with E-state index in [-0.39, 0.29) is 24.2 Å². The van der Waals surface area contributed by atoms with Crippen molar-refractivity contribution in [3.63, 3.8) is 0 Å². The van der Waals surface area contributed by atoms with E-state index in [0.717, 1.165) is 19.3 Å². The molecule has 1 saturated heterocycles. The summed E-state index contributed by atoms with van der Waals surface area (Å²) in [5, 5.41) is 3.73. The Hall–Kier alpha value is -1.52. The third-order valence-electron chi connectivity index (χ3n) is 4.86. The van der Waals surface area contributed by atoms with E-state index >= 15 is 0 Å². The van der Waals surface area contributed by atoms with E-state index in [1.807, 2.05) is 0 Å². The monoisotopic (exact) mass is 380 g/mol. The lowest BCUT2D eigenvalue weighted by molar-refractivity contribution is -0.128. The Kier molecular flexibility index (Phi) is 6.02. The average molecular weight is 381 g/mol. The average Bonchev–Trinajstić information content (AvgIpc) is 2.98. The maximum atomic E-state index is 12.5. The SMILES string of the molecule is O=C(Nc1cc(Cl)ccc1Cl)C1CC(=O)N(CCC2=CCCCC2)C1. The summed E-state index contributed by atoms with van der Waals surface area (Å²) in [6.45, 7) is 1.17. The Labute approximate surface area is 158 Å². The Balaban J connectivity index is 1.55. The van der Waals surface area contributed by atoms with Crippen molar-refractivity contribution in [2.75, 3.05) is 18.4 Å². The van der Waals surface area contributed by atoms with Gasteiger partial charge >= 0.3 is 0 Å². The fraction of sp³-hybridized carbons (Fsp3) is 0.474. The summed E-state index contributed by atoms with van der Waals surface area (Å²) in [5.41, 5.74) is 1.93. The summed E-state index contributed by atoms with van der Waals surface area (Å²) in [7, 11) is 0. The first-order chi connectivity index (χ1) is 12.0. The Morgan fingerprint density at radius 3 is 2.88 bits per heavy atom. The zero-order chi connectivity index (χ0) is 17.8. The Morgan fingerprint density at radius 1 is 1.28 bits per heavy atom. The Bertz CT molecular complexity index is 703. The number of anilines is 1. The maximum Gasteiger partial charge on any atom is 0.229 e. The van der Waals surface area contributed by atoms with Crippen LogP contribution in [-0.4, -0.2) is 29.8 Å². The summed E-state index contributed by atoms with van der Waals surface area (Å²) < 4.78 is 0. The van der Waals surface area contributed by atoms with Crippen molar-refractivity contribution in [1.29, 1.82) is 0 Å². The standard InChI is InChI=1S/C19H22Cl2N2O2/c20-15-6-7-16(21)17(11-15)22-19(25)14-10-18(24)23(12-14)9-8-13-4-2-1-3-5-13/h4,6-7,11,14H,1-3,5,8-10,12H2,(H,22,25). The number of hydrogen-bond donors (Lipinski definition) is 1. The number of allylic oxidation sites excluding steroid dienone is 1. The van der Waals surface area contributed by atoms with E-state index in [1.165, 1.54) is 18.4 Å². The van der Waals surface area contributed by atoms with Crippen LogP contribution in [0.5, 0.6) is 0 Å². The highest BCUT2D eigenvalue weighted by Crippen LogP contribution is 2.28. The smallest absolute Gasteiger partial charge is 0.229 e. The number of amides is 2. The molecule has 1 aromatic rings. The number of rotatable bonds is 5. The van der Waals surface area contributed by atoms with Crippen molar-refractivity contribution in [2.45, 2.75) is 38.5 Å². The second-order valence-corrected chi connectivity index (χ2v) is 7.56. The first-order valence-corrected chi connectivity index (χ1v) is 9.50. The van der Waals surface area contributed by atoms with E-state index in [1.54, 1.807) is 23.1 Å². The summed E-state index contributed by atoms with van der Waals surface area (Å²) in [5.74, 6) is -0.478. The number of likely N-dealkylation sites (tertiary alicyclic amines) is 1. The van der Waals surface area contributed by atoms with Crippen molar-refractivity contribution >= 4 is 40.7 Å². The predicted molar refractivity (Wildman–Crippen MR) is 101 cm³/mol. The van der Waals surface area contributed by atoms with Crippen molar-refractivity contribution < 1.29 is 9.59 Å². The lowest BCUT2D eigenvalue weighted by atomic mass is 9.97. The highest BCUT2D eigenvalue weighted by molar-refractivity contribution is 6.35. The molecule has 0 bridgehead atoms. The molecule has 1 aromatic carbocycles. The van der Waals surface area contributed by atoms with Crippen LogP contribution in [0, 0.1) is 5.92 Å². The van der Waals surface area contributed by atoms with Crippen LogP contribution < -0.4 is 5.32 Å². The fourth-order valence-electron chi connectivity index (χ4n) is 3.40. The van der Waals surface area contributed by atoms with Crippen LogP contribution in [0.3, 0.4) is 0 Å². The molecule has 0 radical (unpaired) electrons. The van der Waals surface area contributed by atoms with Crippen LogP contribution in [0.1, 0.15) is 38.5 Å². The van der Waals surface area contributed by atoms with E-state index < -0.39 is 0 Å². The number of nitrogens with one attached hydrogen (secondary N) is 1. The van der Waals surface area contributed by atoms with Crippen LogP contribution in [0.4, 0.5) is 5.69 Å². The normalized spacial score (nSPS) is 20.6. The molecule has 1 atom stereocenters. The van der Waals surface area contributed by atoms with Gasteiger partial charge in [-0.05, 0) is 50.3 Å². The molecule has 0 spiro atoms. The number of carbonyl (C=O) groups is 2. The molecule has 134 valence electrons. The first kappa shape index (κ1) is 18.3. The van der Waals surface area contributed by atoms with Crippen molar-refractivity contribution in [1.82, 2.24) is 4.90 Å². The van der Waals surface area contributed by atoms with Gasteiger partial charge < -0.3 is 10.2 Å². The highest BCUT2D eigenvalue weighted by atomic mass is 35.5. The molecule has 4 nitrogen and oxygen atoms in total. The van der Waals surface area contributed by atoms with Crippen LogP contribution in [0.2, 0.25) is 10.0 Å². The molecule has 0 saturated carbocycles. The minimum Gasteiger partial charge on any atom is -0.342 e. The minimum atomic E-state index is -0.345. The van der Waals surface area contributed by atoms with E-state index in [9.17, 15) is 9.59 Å². The van der Waals surface area contributed by atoms with Gasteiger partial charge in [0.1, 0.15) is 0 Å². The number of nitrogens with zero attached hydrogens (tertiary/aromatic N) is 1. The lowest BCUT2D eigenvalue weighted by Crippen LogP contribution is -2.29. The van der Waals surface area contributed by atoms with E-state index in [0.29, 0.717) is 28.8 Å². The number of benzene rings is 1. The fourth-order valence-corrected chi connectivity index (χ4v) is 3.74. The van der Waals surface area contributed by atoms with E-state index in [2.05, 4.69) is 11.4 Å². The minimum absolute atomic E-state index is 0.0498. The van der Waals surface area contributed by atoms with Gasteiger partial charge in [0.25, 0.3) is 0 Å². The van der Waals surface area contributed by atoms with Crippen molar-refractivity contribution in [3.05, 3.63) is 39.9 Å². The van der Waals surface area contributed by atoms with Crippen LogP contribution in [0.15, 0.2) is 29.8 Å². The zero-order valence-corrected chi connectivity index (χ0v) is 15.6. The van der Waals surface area contributed by atoms with Gasteiger partial charge in [-0.2, -0.15) is 0 Å². The van der Waals surface area contributed by atoms with Crippen LogP contribution in [-0.2, 0) is 9.59 Å². The van der Waals surface area contributed by atoms with Gasteiger partial charge in [-0.3, -0.25) is 9.59 Å². The molecule has 6 heteroatoms. The molecule has 1 N–H and O–H groups in total. The second kappa shape index (κ2) is 8.24. The lowest BCUT2D eigenvalue weighted by Gasteiger charge is -2.19. The number of halogens is 2. The topological polar surface area (TPSA) is 49.4 Å². The van der Waals surface area contributed by atoms with E-state index in [4.69, 9.17) is 23.2 Å². The summed E-state index contributed by atoms with van der Waals surface area (Å²) in [6, 6.07) is 4.93. The second-order valence-electron chi connectivity index (χ2n) is 6.71. The summed E-state index contributed by atoms with van der Waals surface area (Å²) in [4.78, 5) is 26.5. The van der Waals surface area contributed by atoms with Gasteiger partial charge in [0.05, 0.1) is 16.6 Å². The maximum absolute atomic E-state index is 12.5. The quantitative estimate of drug-likeness (QED) is 0.754. The number of hydrogen-bond acceptors (Lipinski definition) is 2. The van der Waals surface area contributed by atoms with Gasteiger partial charge in [-0.25, -0.2) is 0 Å². The molecule has 0 aromatic heterocycles. The van der Waals surface area contributed by atoms with Crippen molar-refractivity contribution in [2.24, 2.45) is 5.92 Å². The van der Waals surface area contributed by atoms with Crippen LogP contribution in [0.25, 0.3) is 0 Å². The molecule has 2 aliphatic rings. The van der Waals surface area contributed by atoms with Gasteiger partial charge in [-0.15, -0.1) is 0 Å². The molecule has 1 unspecified atom stereocenters. The summed E-state index contributed by atoms with van der Waals surface area (Å²) >= 11 is 12.0. The van der Waals surface area contributed by atoms with Crippen LogP contribution >= 0.6 is 23.2 Å². The molecular formula is C19H22Cl2N2O2. The largest absolute Gasteiger partial charge is 0.342 e. The molecule has 3 rings (SSSR count). The van der Waals surface area contributed by atoms with Gasteiger partial charge in [0.2, 0.25) is 11.8 Å². The molecular weight excluding hydrogens is 359 g/mol. The zero-order valence-electron chi connectivity index (χ0n) is 14.1. The van der Waals surface area contributed by atoms with Crippen molar-refractivity contribution in [3.8, 4) is 0 Å². The molecule has 1 aliphatic carbocycles. The predicted octanol–water partition coefficient (Wildman–Crippen LogP) is 4.67. The highest BCUT2D eigenvalue weighted by Gasteiger charge is 2.34. The molecule has 25 heavy (non-hydrogen) atoms. The van der Waals surface area contributed by atoms with Gasteiger partial charge in [0.15, 0.2) is 0 Å². The first-order valence-electron chi connectivity index (χ1n) is 8.74. The van der Waals surface area contributed by atoms with Gasteiger partial charge in [0, 0.05) is 24.5 Å². The molecule has 1 aliphatic heterocycles.